The van der Waals surface area contributed by atoms with Crippen molar-refractivity contribution < 1.29 is 0 Å². The highest BCUT2D eigenvalue weighted by atomic mass is 32.1. The Labute approximate surface area is 99.3 Å². The zero-order chi connectivity index (χ0) is 11.5. The van der Waals surface area contributed by atoms with Gasteiger partial charge in [0.05, 0.1) is 0 Å². The molecule has 0 saturated heterocycles. The third-order valence-corrected chi connectivity index (χ3v) is 2.73. The maximum atomic E-state index is 5.59. The van der Waals surface area contributed by atoms with E-state index in [1.165, 1.54) is 0 Å². The van der Waals surface area contributed by atoms with Gasteiger partial charge in [0.1, 0.15) is 4.99 Å². The molecule has 0 atom stereocenters. The average Bonchev–Trinajstić information content (AvgIpc) is 2.68. The molecule has 0 unspecified atom stereocenters. The fraction of sp³-hybridized carbons (Fsp3) is 0.0833. The van der Waals surface area contributed by atoms with Crippen LogP contribution >= 0.6 is 12.2 Å². The van der Waals surface area contributed by atoms with E-state index in [2.05, 4.69) is 4.57 Å². The fourth-order valence-corrected chi connectivity index (χ4v) is 1.81. The van der Waals surface area contributed by atoms with Crippen molar-refractivity contribution in [1.82, 2.24) is 4.57 Å². The lowest BCUT2D eigenvalue weighted by Crippen LogP contribution is -2.08. The quantitative estimate of drug-likeness (QED) is 0.791. The molecule has 16 heavy (non-hydrogen) atoms. The first kappa shape index (κ1) is 10.7. The van der Waals surface area contributed by atoms with Gasteiger partial charge in [-0.1, -0.05) is 12.2 Å². The van der Waals surface area contributed by atoms with Crippen LogP contribution in [0.25, 0.3) is 10.9 Å². The van der Waals surface area contributed by atoms with Crippen molar-refractivity contribution in [2.75, 3.05) is 0 Å². The van der Waals surface area contributed by atoms with E-state index in [1.807, 2.05) is 36.5 Å². The number of nitrogens with two attached hydrogens (primary N) is 2. The van der Waals surface area contributed by atoms with Crippen molar-refractivity contribution in [3.05, 3.63) is 48.3 Å². The molecule has 0 bridgehead atoms. The van der Waals surface area contributed by atoms with Crippen LogP contribution in [0.4, 0.5) is 0 Å². The molecule has 0 aliphatic rings. The van der Waals surface area contributed by atoms with Crippen molar-refractivity contribution in [2.45, 2.75) is 6.54 Å². The van der Waals surface area contributed by atoms with Gasteiger partial charge in [-0.25, -0.2) is 0 Å². The molecule has 0 aliphatic heterocycles. The van der Waals surface area contributed by atoms with Crippen LogP contribution in [-0.4, -0.2) is 9.56 Å². The van der Waals surface area contributed by atoms with E-state index >= 15 is 0 Å². The Balaban J connectivity index is 2.46. The van der Waals surface area contributed by atoms with E-state index in [1.54, 1.807) is 6.20 Å². The molecular formula is C12H13N3S. The van der Waals surface area contributed by atoms with Gasteiger partial charge >= 0.3 is 0 Å². The zero-order valence-electron chi connectivity index (χ0n) is 8.76. The lowest BCUT2D eigenvalue weighted by molar-refractivity contribution is 0.861. The molecule has 4 heteroatoms. The number of rotatable bonds is 3. The molecule has 0 spiro atoms. The second-order valence-corrected chi connectivity index (χ2v) is 3.97. The second-order valence-electron chi connectivity index (χ2n) is 3.53. The molecular weight excluding hydrogens is 218 g/mol. The monoisotopic (exact) mass is 231 g/mol. The standard InChI is InChI=1S/C12H13N3S/c13-5-1-6-15-7-4-9-8-10(12(14)16)2-3-11(9)15/h1-5,7-8H,6,13H2,(H2,14,16). The Kier molecular flexibility index (Phi) is 2.92. The van der Waals surface area contributed by atoms with Gasteiger partial charge < -0.3 is 16.0 Å². The van der Waals surface area contributed by atoms with Crippen molar-refractivity contribution in [3.63, 3.8) is 0 Å². The maximum Gasteiger partial charge on any atom is 0.104 e. The van der Waals surface area contributed by atoms with Crippen LogP contribution < -0.4 is 11.5 Å². The van der Waals surface area contributed by atoms with Gasteiger partial charge in [-0.15, -0.1) is 0 Å². The predicted octanol–water partition coefficient (Wildman–Crippen LogP) is 1.75. The summed E-state index contributed by atoms with van der Waals surface area (Å²) in [4.78, 5) is 0.427. The maximum absolute atomic E-state index is 5.59. The molecule has 2 rings (SSSR count). The van der Waals surface area contributed by atoms with Crippen molar-refractivity contribution in [3.8, 4) is 0 Å². The fourth-order valence-electron chi connectivity index (χ4n) is 1.69. The third kappa shape index (κ3) is 1.92. The number of hydrogen-bond acceptors (Lipinski definition) is 2. The zero-order valence-corrected chi connectivity index (χ0v) is 9.58. The van der Waals surface area contributed by atoms with E-state index in [0.717, 1.165) is 23.0 Å². The summed E-state index contributed by atoms with van der Waals surface area (Å²) in [5, 5.41) is 1.13. The Hall–Kier alpha value is -1.81. The molecule has 2 aromatic rings. The number of nitrogens with zero attached hydrogens (tertiary/aromatic N) is 1. The van der Waals surface area contributed by atoms with Crippen LogP contribution in [0.1, 0.15) is 5.56 Å². The third-order valence-electron chi connectivity index (χ3n) is 2.49. The SMILES string of the molecule is NC=CCn1ccc2cc(C(N)=S)ccc21. The number of hydrogen-bond donors (Lipinski definition) is 2. The van der Waals surface area contributed by atoms with Crippen LogP contribution in [0.3, 0.4) is 0 Å². The van der Waals surface area contributed by atoms with Gasteiger partial charge in [-0.2, -0.15) is 0 Å². The molecule has 0 radical (unpaired) electrons. The van der Waals surface area contributed by atoms with E-state index in [-0.39, 0.29) is 0 Å². The molecule has 0 saturated carbocycles. The molecule has 4 N–H and O–H groups in total. The topological polar surface area (TPSA) is 57.0 Å². The van der Waals surface area contributed by atoms with Gasteiger partial charge in [-0.05, 0) is 36.5 Å². The van der Waals surface area contributed by atoms with Gasteiger partial charge in [-0.3, -0.25) is 0 Å². The van der Waals surface area contributed by atoms with Crippen LogP contribution in [0.2, 0.25) is 0 Å². The first-order valence-corrected chi connectivity index (χ1v) is 5.38. The van der Waals surface area contributed by atoms with Crippen molar-refractivity contribution in [1.29, 1.82) is 0 Å². The van der Waals surface area contributed by atoms with Gasteiger partial charge in [0.15, 0.2) is 0 Å². The highest BCUT2D eigenvalue weighted by molar-refractivity contribution is 7.80. The van der Waals surface area contributed by atoms with E-state index in [4.69, 9.17) is 23.7 Å². The Morgan fingerprint density at radius 3 is 2.88 bits per heavy atom. The molecule has 0 fully saturated rings. The molecule has 1 heterocycles. The molecule has 1 aromatic carbocycles. The van der Waals surface area contributed by atoms with Gasteiger partial charge in [0.2, 0.25) is 0 Å². The second kappa shape index (κ2) is 4.37. The van der Waals surface area contributed by atoms with Crippen molar-refractivity contribution in [2.24, 2.45) is 11.5 Å². The largest absolute Gasteiger partial charge is 0.405 e. The molecule has 82 valence electrons. The summed E-state index contributed by atoms with van der Waals surface area (Å²) in [5.41, 5.74) is 13.0. The number of allylic oxidation sites excluding steroid dienone is 1. The Bertz CT molecular complexity index is 554. The first-order valence-electron chi connectivity index (χ1n) is 4.98. The van der Waals surface area contributed by atoms with E-state index < -0.39 is 0 Å². The summed E-state index contributed by atoms with van der Waals surface area (Å²) in [6.45, 7) is 0.770. The minimum absolute atomic E-state index is 0.427. The normalized spacial score (nSPS) is 11.2. The summed E-state index contributed by atoms with van der Waals surface area (Å²) in [6.07, 6.45) is 5.48. The lowest BCUT2D eigenvalue weighted by atomic mass is 10.1. The van der Waals surface area contributed by atoms with Crippen LogP contribution in [-0.2, 0) is 6.54 Å². The minimum Gasteiger partial charge on any atom is -0.405 e. The predicted molar refractivity (Wildman–Crippen MR) is 71.2 cm³/mol. The summed E-state index contributed by atoms with van der Waals surface area (Å²) in [6, 6.07) is 8.00. The van der Waals surface area contributed by atoms with Gasteiger partial charge in [0, 0.05) is 29.2 Å². The van der Waals surface area contributed by atoms with Gasteiger partial charge in [0.25, 0.3) is 0 Å². The Morgan fingerprint density at radius 1 is 1.38 bits per heavy atom. The van der Waals surface area contributed by atoms with Crippen LogP contribution in [0.15, 0.2) is 42.7 Å². The van der Waals surface area contributed by atoms with E-state index in [0.29, 0.717) is 4.99 Å². The molecule has 0 amide bonds. The highest BCUT2D eigenvalue weighted by Gasteiger charge is 2.02. The number of fused-ring (bicyclic) bond motifs is 1. The molecule has 0 aliphatic carbocycles. The molecule has 1 aromatic heterocycles. The number of aromatic nitrogens is 1. The first-order chi connectivity index (χ1) is 7.72. The number of benzene rings is 1. The lowest BCUT2D eigenvalue weighted by Gasteiger charge is -2.02. The minimum atomic E-state index is 0.427. The average molecular weight is 231 g/mol. The summed E-state index contributed by atoms with van der Waals surface area (Å²) in [7, 11) is 0. The van der Waals surface area contributed by atoms with E-state index in [9.17, 15) is 0 Å². The smallest absolute Gasteiger partial charge is 0.104 e. The van der Waals surface area contributed by atoms with Crippen LogP contribution in [0, 0.1) is 0 Å². The highest BCUT2D eigenvalue weighted by Crippen LogP contribution is 2.17. The molecule has 3 nitrogen and oxygen atoms in total. The summed E-state index contributed by atoms with van der Waals surface area (Å²) in [5.74, 6) is 0. The Morgan fingerprint density at radius 2 is 2.19 bits per heavy atom. The summed E-state index contributed by atoms with van der Waals surface area (Å²) < 4.78 is 2.11. The van der Waals surface area contributed by atoms with Crippen molar-refractivity contribution >= 4 is 28.1 Å². The number of thiocarbonyl (C=S) groups is 1. The van der Waals surface area contributed by atoms with Crippen LogP contribution in [0.5, 0.6) is 0 Å². The summed E-state index contributed by atoms with van der Waals surface area (Å²) >= 11 is 4.95.